The molecule has 1 aromatic rings. The van der Waals surface area contributed by atoms with E-state index in [1.54, 1.807) is 0 Å². The van der Waals surface area contributed by atoms with E-state index in [2.05, 4.69) is 11.3 Å². The lowest BCUT2D eigenvalue weighted by Gasteiger charge is -2.14. The van der Waals surface area contributed by atoms with E-state index >= 15 is 0 Å². The molecule has 0 unspecified atom stereocenters. The summed E-state index contributed by atoms with van der Waals surface area (Å²) in [5.41, 5.74) is 0.640. The summed E-state index contributed by atoms with van der Waals surface area (Å²) in [5, 5.41) is 0. The summed E-state index contributed by atoms with van der Waals surface area (Å²) in [6, 6.07) is 4.09. The highest BCUT2D eigenvalue weighted by Crippen LogP contribution is 2.33. The molecular formula is C13H15F3O3. The SMILES string of the molecule is C=Cc1ccc(OC(F)(F)F)c(OCCOCC)c1. The van der Waals surface area contributed by atoms with Crippen LogP contribution in [0.25, 0.3) is 6.08 Å². The molecule has 0 amide bonds. The highest BCUT2D eigenvalue weighted by Gasteiger charge is 2.32. The van der Waals surface area contributed by atoms with Crippen molar-refractivity contribution in [3.8, 4) is 11.5 Å². The molecule has 0 fully saturated rings. The summed E-state index contributed by atoms with van der Waals surface area (Å²) < 4.78 is 50.8. The van der Waals surface area contributed by atoms with Crippen LogP contribution in [-0.2, 0) is 4.74 Å². The third-order valence-corrected chi connectivity index (χ3v) is 2.12. The zero-order valence-corrected chi connectivity index (χ0v) is 10.5. The zero-order chi connectivity index (χ0) is 14.3. The minimum absolute atomic E-state index is 0.00873. The summed E-state index contributed by atoms with van der Waals surface area (Å²) in [7, 11) is 0. The largest absolute Gasteiger partial charge is 0.573 e. The van der Waals surface area contributed by atoms with Crippen molar-refractivity contribution in [3.05, 3.63) is 30.3 Å². The predicted molar refractivity (Wildman–Crippen MR) is 65.2 cm³/mol. The van der Waals surface area contributed by atoms with Gasteiger partial charge in [-0.1, -0.05) is 18.7 Å². The van der Waals surface area contributed by atoms with Crippen LogP contribution in [0.3, 0.4) is 0 Å². The standard InChI is InChI=1S/C13H15F3O3/c1-3-10-5-6-11(19-13(14,15)16)12(9-10)18-8-7-17-4-2/h3,5-6,9H,1,4,7-8H2,2H3. The molecule has 6 heteroatoms. The Balaban J connectivity index is 2.80. The fraction of sp³-hybridized carbons (Fsp3) is 0.385. The van der Waals surface area contributed by atoms with Crippen molar-refractivity contribution in [1.29, 1.82) is 0 Å². The van der Waals surface area contributed by atoms with Gasteiger partial charge in [0.25, 0.3) is 0 Å². The zero-order valence-electron chi connectivity index (χ0n) is 10.5. The molecule has 1 aromatic carbocycles. The van der Waals surface area contributed by atoms with Gasteiger partial charge in [0.1, 0.15) is 6.61 Å². The number of ether oxygens (including phenoxy) is 3. The van der Waals surface area contributed by atoms with Crippen LogP contribution in [-0.4, -0.2) is 26.2 Å². The van der Waals surface area contributed by atoms with Crippen molar-refractivity contribution >= 4 is 6.08 Å². The van der Waals surface area contributed by atoms with Crippen LogP contribution in [0.15, 0.2) is 24.8 Å². The second-order valence-electron chi connectivity index (χ2n) is 3.50. The number of hydrogen-bond acceptors (Lipinski definition) is 3. The fourth-order valence-corrected chi connectivity index (χ4v) is 1.33. The molecule has 19 heavy (non-hydrogen) atoms. The lowest BCUT2D eigenvalue weighted by molar-refractivity contribution is -0.275. The van der Waals surface area contributed by atoms with Crippen molar-refractivity contribution in [2.75, 3.05) is 19.8 Å². The normalized spacial score (nSPS) is 11.2. The van der Waals surface area contributed by atoms with E-state index in [0.29, 0.717) is 18.8 Å². The second kappa shape index (κ2) is 7.04. The summed E-state index contributed by atoms with van der Waals surface area (Å²) in [6.45, 7) is 6.31. The Morgan fingerprint density at radius 2 is 1.95 bits per heavy atom. The molecule has 0 heterocycles. The lowest BCUT2D eigenvalue weighted by Crippen LogP contribution is -2.18. The summed E-state index contributed by atoms with van der Waals surface area (Å²) >= 11 is 0. The summed E-state index contributed by atoms with van der Waals surface area (Å²) in [6.07, 6.45) is -3.25. The van der Waals surface area contributed by atoms with Crippen LogP contribution in [0.5, 0.6) is 11.5 Å². The molecule has 0 aliphatic carbocycles. The molecule has 0 saturated heterocycles. The minimum Gasteiger partial charge on any atom is -0.487 e. The van der Waals surface area contributed by atoms with E-state index in [1.807, 2.05) is 6.92 Å². The molecule has 0 atom stereocenters. The van der Waals surface area contributed by atoms with Crippen molar-refractivity contribution < 1.29 is 27.4 Å². The van der Waals surface area contributed by atoms with Gasteiger partial charge < -0.3 is 14.2 Å². The average Bonchev–Trinajstić information content (AvgIpc) is 2.34. The van der Waals surface area contributed by atoms with Crippen molar-refractivity contribution in [3.63, 3.8) is 0 Å². The second-order valence-corrected chi connectivity index (χ2v) is 3.50. The Labute approximate surface area is 109 Å². The Hall–Kier alpha value is -1.69. The number of halogens is 3. The van der Waals surface area contributed by atoms with Crippen LogP contribution in [0.2, 0.25) is 0 Å². The van der Waals surface area contributed by atoms with Crippen LogP contribution in [0.1, 0.15) is 12.5 Å². The maximum Gasteiger partial charge on any atom is 0.573 e. The smallest absolute Gasteiger partial charge is 0.487 e. The topological polar surface area (TPSA) is 27.7 Å². The minimum atomic E-state index is -4.76. The lowest BCUT2D eigenvalue weighted by atomic mass is 10.2. The molecule has 3 nitrogen and oxygen atoms in total. The van der Waals surface area contributed by atoms with Gasteiger partial charge in [-0.3, -0.25) is 0 Å². The molecule has 0 spiro atoms. The molecule has 0 aromatic heterocycles. The quantitative estimate of drug-likeness (QED) is 0.711. The Morgan fingerprint density at radius 3 is 2.53 bits per heavy atom. The van der Waals surface area contributed by atoms with E-state index in [0.717, 1.165) is 0 Å². The Bertz CT molecular complexity index is 416. The van der Waals surface area contributed by atoms with Gasteiger partial charge in [-0.05, 0) is 24.6 Å². The van der Waals surface area contributed by atoms with Crippen LogP contribution in [0.4, 0.5) is 13.2 Å². The van der Waals surface area contributed by atoms with Gasteiger partial charge >= 0.3 is 6.36 Å². The molecule has 0 bridgehead atoms. The van der Waals surface area contributed by atoms with E-state index in [4.69, 9.17) is 9.47 Å². The van der Waals surface area contributed by atoms with E-state index in [9.17, 15) is 13.2 Å². The third-order valence-electron chi connectivity index (χ3n) is 2.12. The van der Waals surface area contributed by atoms with Gasteiger partial charge in [0.05, 0.1) is 6.61 Å². The number of alkyl halides is 3. The van der Waals surface area contributed by atoms with Gasteiger partial charge in [-0.25, -0.2) is 0 Å². The summed E-state index contributed by atoms with van der Waals surface area (Å²) in [5.74, 6) is -0.371. The first-order valence-electron chi connectivity index (χ1n) is 5.69. The first kappa shape index (κ1) is 15.4. The van der Waals surface area contributed by atoms with E-state index in [-0.39, 0.29) is 18.1 Å². The van der Waals surface area contributed by atoms with Gasteiger partial charge in [0.2, 0.25) is 0 Å². The number of hydrogen-bond donors (Lipinski definition) is 0. The molecule has 0 aliphatic heterocycles. The first-order valence-corrected chi connectivity index (χ1v) is 5.69. The maximum atomic E-state index is 12.2. The molecule has 106 valence electrons. The van der Waals surface area contributed by atoms with Crippen LogP contribution >= 0.6 is 0 Å². The molecule has 0 aliphatic rings. The van der Waals surface area contributed by atoms with E-state index in [1.165, 1.54) is 24.3 Å². The van der Waals surface area contributed by atoms with Gasteiger partial charge in [0, 0.05) is 6.61 Å². The Kier molecular flexibility index (Phi) is 5.69. The maximum absolute atomic E-state index is 12.2. The van der Waals surface area contributed by atoms with Crippen LogP contribution in [0, 0.1) is 0 Å². The van der Waals surface area contributed by atoms with Crippen molar-refractivity contribution in [2.45, 2.75) is 13.3 Å². The predicted octanol–water partition coefficient (Wildman–Crippen LogP) is 3.64. The number of benzene rings is 1. The highest BCUT2D eigenvalue weighted by molar-refractivity contribution is 5.54. The average molecular weight is 276 g/mol. The van der Waals surface area contributed by atoms with Gasteiger partial charge in [-0.15, -0.1) is 13.2 Å². The van der Waals surface area contributed by atoms with Crippen molar-refractivity contribution in [1.82, 2.24) is 0 Å². The molecule has 0 saturated carbocycles. The Morgan fingerprint density at radius 1 is 1.21 bits per heavy atom. The monoisotopic (exact) mass is 276 g/mol. The van der Waals surface area contributed by atoms with Crippen molar-refractivity contribution in [2.24, 2.45) is 0 Å². The first-order chi connectivity index (χ1) is 8.96. The highest BCUT2D eigenvalue weighted by atomic mass is 19.4. The third kappa shape index (κ3) is 5.65. The molecule has 0 radical (unpaired) electrons. The van der Waals surface area contributed by atoms with Gasteiger partial charge in [-0.2, -0.15) is 0 Å². The summed E-state index contributed by atoms with van der Waals surface area (Å²) in [4.78, 5) is 0. The van der Waals surface area contributed by atoms with E-state index < -0.39 is 6.36 Å². The molecule has 1 rings (SSSR count). The van der Waals surface area contributed by atoms with Gasteiger partial charge in [0.15, 0.2) is 11.5 Å². The molecule has 0 N–H and O–H groups in total. The molecular weight excluding hydrogens is 261 g/mol. The fourth-order valence-electron chi connectivity index (χ4n) is 1.33. The number of rotatable bonds is 7. The van der Waals surface area contributed by atoms with Crippen LogP contribution < -0.4 is 9.47 Å².